The Balaban J connectivity index is 2.26. The highest BCUT2D eigenvalue weighted by Crippen LogP contribution is 2.21. The molecule has 1 aromatic carbocycles. The number of rotatable bonds is 3. The number of halogens is 2. The highest BCUT2D eigenvalue weighted by Gasteiger charge is 2.03. The highest BCUT2D eigenvalue weighted by atomic mass is 35.5. The van der Waals surface area contributed by atoms with Gasteiger partial charge in [0.05, 0.1) is 12.9 Å². The van der Waals surface area contributed by atoms with E-state index in [0.717, 1.165) is 5.56 Å². The maximum atomic E-state index is 10.5. The third-order valence-corrected chi connectivity index (χ3v) is 2.74. The van der Waals surface area contributed by atoms with Gasteiger partial charge in [0.25, 0.3) is 0 Å². The van der Waals surface area contributed by atoms with Crippen LogP contribution >= 0.6 is 23.2 Å². The van der Waals surface area contributed by atoms with Crippen LogP contribution in [0.5, 0.6) is 0 Å². The molecule has 0 saturated heterocycles. The second kappa shape index (κ2) is 4.68. The molecule has 0 amide bonds. The SMILES string of the molecule is O=Cc1cn(Cc2cc(Cl)ccc2Cl)cn1. The topological polar surface area (TPSA) is 34.9 Å². The van der Waals surface area contributed by atoms with E-state index in [9.17, 15) is 4.79 Å². The quantitative estimate of drug-likeness (QED) is 0.790. The minimum atomic E-state index is 0.401. The predicted molar refractivity (Wildman–Crippen MR) is 63.2 cm³/mol. The Hall–Kier alpha value is -1.32. The molecule has 0 bridgehead atoms. The number of hydrogen-bond acceptors (Lipinski definition) is 2. The van der Waals surface area contributed by atoms with Gasteiger partial charge in [-0.25, -0.2) is 4.98 Å². The van der Waals surface area contributed by atoms with E-state index in [1.54, 1.807) is 35.3 Å². The van der Waals surface area contributed by atoms with Gasteiger partial charge in [0, 0.05) is 16.2 Å². The summed E-state index contributed by atoms with van der Waals surface area (Å²) in [6.07, 6.45) is 3.95. The number of nitrogens with zero attached hydrogens (tertiary/aromatic N) is 2. The van der Waals surface area contributed by atoms with Crippen LogP contribution in [-0.4, -0.2) is 15.8 Å². The second-order valence-electron chi connectivity index (χ2n) is 3.32. The predicted octanol–water partition coefficient (Wildman–Crippen LogP) is 3.05. The summed E-state index contributed by atoms with van der Waals surface area (Å²) < 4.78 is 1.78. The number of carbonyl (C=O) groups is 1. The molecular formula is C11H8Cl2N2O. The first-order valence-electron chi connectivity index (χ1n) is 4.60. The molecule has 0 aliphatic rings. The van der Waals surface area contributed by atoms with Crippen LogP contribution in [-0.2, 0) is 6.54 Å². The molecule has 5 heteroatoms. The van der Waals surface area contributed by atoms with Gasteiger partial charge >= 0.3 is 0 Å². The zero-order valence-electron chi connectivity index (χ0n) is 8.23. The van der Waals surface area contributed by atoms with Crippen LogP contribution in [0.1, 0.15) is 16.1 Å². The molecule has 0 radical (unpaired) electrons. The van der Waals surface area contributed by atoms with Crippen molar-refractivity contribution < 1.29 is 4.79 Å². The normalized spacial score (nSPS) is 10.4. The number of imidazole rings is 1. The van der Waals surface area contributed by atoms with Crippen LogP contribution in [0, 0.1) is 0 Å². The number of hydrogen-bond donors (Lipinski definition) is 0. The van der Waals surface area contributed by atoms with Gasteiger partial charge < -0.3 is 4.57 Å². The minimum Gasteiger partial charge on any atom is -0.332 e. The molecule has 82 valence electrons. The molecule has 0 fully saturated rings. The summed E-state index contributed by atoms with van der Waals surface area (Å²) in [5.74, 6) is 0. The fourth-order valence-electron chi connectivity index (χ4n) is 1.39. The van der Waals surface area contributed by atoms with Gasteiger partial charge in [0.15, 0.2) is 6.29 Å². The van der Waals surface area contributed by atoms with Crippen molar-refractivity contribution in [1.29, 1.82) is 0 Å². The molecule has 2 rings (SSSR count). The lowest BCUT2D eigenvalue weighted by Crippen LogP contribution is -1.97. The highest BCUT2D eigenvalue weighted by molar-refractivity contribution is 6.33. The van der Waals surface area contributed by atoms with Crippen molar-refractivity contribution in [3.8, 4) is 0 Å². The van der Waals surface area contributed by atoms with E-state index >= 15 is 0 Å². The fraction of sp³-hybridized carbons (Fsp3) is 0.0909. The number of aldehydes is 1. The lowest BCUT2D eigenvalue weighted by Gasteiger charge is -2.05. The molecular weight excluding hydrogens is 247 g/mol. The Morgan fingerprint density at radius 3 is 2.88 bits per heavy atom. The van der Waals surface area contributed by atoms with Crippen molar-refractivity contribution in [1.82, 2.24) is 9.55 Å². The molecule has 0 unspecified atom stereocenters. The number of benzene rings is 1. The maximum absolute atomic E-state index is 10.5. The Labute approximate surface area is 103 Å². The molecule has 0 spiro atoms. The summed E-state index contributed by atoms with van der Waals surface area (Å²) in [5.41, 5.74) is 1.29. The molecule has 2 aromatic rings. The van der Waals surface area contributed by atoms with Gasteiger partial charge in [0.2, 0.25) is 0 Å². The molecule has 0 N–H and O–H groups in total. The average Bonchev–Trinajstić information content (AvgIpc) is 2.71. The first kappa shape index (κ1) is 11.2. The van der Waals surface area contributed by atoms with Gasteiger partial charge in [-0.1, -0.05) is 23.2 Å². The van der Waals surface area contributed by atoms with Crippen molar-refractivity contribution in [2.75, 3.05) is 0 Å². The van der Waals surface area contributed by atoms with E-state index in [1.807, 2.05) is 0 Å². The van der Waals surface area contributed by atoms with E-state index in [2.05, 4.69) is 4.98 Å². The monoisotopic (exact) mass is 254 g/mol. The van der Waals surface area contributed by atoms with Crippen LogP contribution in [0.15, 0.2) is 30.7 Å². The van der Waals surface area contributed by atoms with Gasteiger partial charge in [-0.15, -0.1) is 0 Å². The van der Waals surface area contributed by atoms with E-state index in [1.165, 1.54) is 0 Å². The van der Waals surface area contributed by atoms with Gasteiger partial charge in [-0.2, -0.15) is 0 Å². The molecule has 0 aliphatic heterocycles. The lowest BCUT2D eigenvalue weighted by atomic mass is 10.2. The third kappa shape index (κ3) is 2.43. The van der Waals surface area contributed by atoms with Crippen LogP contribution < -0.4 is 0 Å². The largest absolute Gasteiger partial charge is 0.332 e. The molecule has 1 heterocycles. The molecule has 3 nitrogen and oxygen atoms in total. The van der Waals surface area contributed by atoms with E-state index in [-0.39, 0.29) is 0 Å². The van der Waals surface area contributed by atoms with Gasteiger partial charge in [-0.3, -0.25) is 4.79 Å². The van der Waals surface area contributed by atoms with Crippen LogP contribution in [0.3, 0.4) is 0 Å². The first-order valence-corrected chi connectivity index (χ1v) is 5.35. The molecule has 0 atom stereocenters. The van der Waals surface area contributed by atoms with Crippen molar-refractivity contribution in [3.63, 3.8) is 0 Å². The number of carbonyl (C=O) groups excluding carboxylic acids is 1. The Morgan fingerprint density at radius 1 is 1.38 bits per heavy atom. The standard InChI is InChI=1S/C11H8Cl2N2O/c12-9-1-2-11(13)8(3-9)4-15-5-10(6-16)14-7-15/h1-3,5-7H,4H2. The Bertz CT molecular complexity index is 522. The molecule has 0 aliphatic carbocycles. The maximum Gasteiger partial charge on any atom is 0.169 e. The van der Waals surface area contributed by atoms with Gasteiger partial charge in [-0.05, 0) is 23.8 Å². The summed E-state index contributed by atoms with van der Waals surface area (Å²) >= 11 is 11.9. The van der Waals surface area contributed by atoms with Crippen molar-refractivity contribution in [2.24, 2.45) is 0 Å². The lowest BCUT2D eigenvalue weighted by molar-refractivity contribution is 0.111. The molecule has 1 aromatic heterocycles. The van der Waals surface area contributed by atoms with Gasteiger partial charge in [0.1, 0.15) is 5.69 Å². The van der Waals surface area contributed by atoms with Crippen LogP contribution in [0.4, 0.5) is 0 Å². The number of aromatic nitrogens is 2. The second-order valence-corrected chi connectivity index (χ2v) is 4.17. The summed E-state index contributed by atoms with van der Waals surface area (Å²) in [4.78, 5) is 14.4. The summed E-state index contributed by atoms with van der Waals surface area (Å²) in [6, 6.07) is 5.28. The van der Waals surface area contributed by atoms with E-state index in [4.69, 9.17) is 23.2 Å². The van der Waals surface area contributed by atoms with Crippen LogP contribution in [0.25, 0.3) is 0 Å². The van der Waals surface area contributed by atoms with E-state index < -0.39 is 0 Å². The third-order valence-electron chi connectivity index (χ3n) is 2.13. The minimum absolute atomic E-state index is 0.401. The van der Waals surface area contributed by atoms with Crippen LogP contribution in [0.2, 0.25) is 10.0 Å². The van der Waals surface area contributed by atoms with Crippen molar-refractivity contribution >= 4 is 29.5 Å². The zero-order valence-corrected chi connectivity index (χ0v) is 9.74. The first-order chi connectivity index (χ1) is 7.69. The summed E-state index contributed by atoms with van der Waals surface area (Å²) in [6.45, 7) is 0.542. The zero-order chi connectivity index (χ0) is 11.5. The van der Waals surface area contributed by atoms with E-state index in [0.29, 0.717) is 28.6 Å². The Morgan fingerprint density at radius 2 is 2.19 bits per heavy atom. The molecule has 0 saturated carbocycles. The fourth-order valence-corrected chi connectivity index (χ4v) is 1.76. The average molecular weight is 255 g/mol. The van der Waals surface area contributed by atoms with Crippen molar-refractivity contribution in [2.45, 2.75) is 6.54 Å². The smallest absolute Gasteiger partial charge is 0.169 e. The van der Waals surface area contributed by atoms with Crippen molar-refractivity contribution in [3.05, 3.63) is 52.0 Å². The summed E-state index contributed by atoms with van der Waals surface area (Å²) in [5, 5.41) is 1.28. The summed E-state index contributed by atoms with van der Waals surface area (Å²) in [7, 11) is 0. The Kier molecular flexibility index (Phi) is 3.27. The molecule has 16 heavy (non-hydrogen) atoms.